The Morgan fingerprint density at radius 3 is 2.08 bits per heavy atom. The van der Waals surface area contributed by atoms with Gasteiger partial charge in [-0.15, -0.1) is 0 Å². The number of nitrogens with zero attached hydrogens (tertiary/aromatic N) is 1. The molecule has 0 spiro atoms. The molecule has 0 aliphatic heterocycles. The molecular formula is C30H35N5O5. The predicted molar refractivity (Wildman–Crippen MR) is 152 cm³/mol. The number of nitrogens with two attached hydrogens (primary N) is 1. The summed E-state index contributed by atoms with van der Waals surface area (Å²) in [6.45, 7) is 2.32. The number of rotatable bonds is 12. The molecule has 40 heavy (non-hydrogen) atoms. The van der Waals surface area contributed by atoms with Gasteiger partial charge in [0.2, 0.25) is 11.8 Å². The molecule has 210 valence electrons. The summed E-state index contributed by atoms with van der Waals surface area (Å²) < 4.78 is 4.77. The molecule has 0 saturated heterocycles. The predicted octanol–water partition coefficient (Wildman–Crippen LogP) is 3.17. The number of aliphatic imine (C=N–C) groups is 1. The van der Waals surface area contributed by atoms with Crippen molar-refractivity contribution in [1.82, 2.24) is 16.0 Å². The van der Waals surface area contributed by atoms with Crippen LogP contribution < -0.4 is 21.7 Å². The molecule has 0 bridgehead atoms. The molecule has 10 nitrogen and oxygen atoms in total. The van der Waals surface area contributed by atoms with Gasteiger partial charge < -0.3 is 26.2 Å². The molecule has 0 heterocycles. The van der Waals surface area contributed by atoms with Crippen molar-refractivity contribution in [2.24, 2.45) is 10.7 Å². The molecule has 0 saturated carbocycles. The van der Waals surface area contributed by atoms with Gasteiger partial charge in [-0.1, -0.05) is 72.8 Å². The van der Waals surface area contributed by atoms with Crippen LogP contribution in [0.5, 0.6) is 5.75 Å². The van der Waals surface area contributed by atoms with Crippen LogP contribution >= 0.6 is 0 Å². The van der Waals surface area contributed by atoms with E-state index in [0.717, 1.165) is 16.7 Å². The van der Waals surface area contributed by atoms with Crippen molar-refractivity contribution >= 4 is 23.9 Å². The van der Waals surface area contributed by atoms with Crippen LogP contribution in [0.2, 0.25) is 0 Å². The van der Waals surface area contributed by atoms with Gasteiger partial charge in [0.05, 0.1) is 12.5 Å². The van der Waals surface area contributed by atoms with Gasteiger partial charge in [0, 0.05) is 13.1 Å². The number of nitrogens with one attached hydrogen (secondary N) is 3. The lowest BCUT2D eigenvalue weighted by molar-refractivity contribution is -0.129. The summed E-state index contributed by atoms with van der Waals surface area (Å²) >= 11 is 0. The molecule has 3 aromatic rings. The summed E-state index contributed by atoms with van der Waals surface area (Å²) in [6.07, 6.45) is -0.0145. The van der Waals surface area contributed by atoms with E-state index in [1.165, 1.54) is 12.1 Å². The van der Waals surface area contributed by atoms with Crippen molar-refractivity contribution in [3.05, 3.63) is 102 Å². The van der Waals surface area contributed by atoms with Crippen LogP contribution in [0.1, 0.15) is 42.4 Å². The molecule has 0 aliphatic carbocycles. The zero-order valence-corrected chi connectivity index (χ0v) is 22.4. The Morgan fingerprint density at radius 1 is 0.900 bits per heavy atom. The minimum atomic E-state index is -0.853. The first-order chi connectivity index (χ1) is 19.4. The number of phenolic OH excluding ortho intramolecular Hbond substituents is 1. The smallest absolute Gasteiger partial charge is 0.413 e. The molecule has 1 atom stereocenters. The van der Waals surface area contributed by atoms with E-state index in [1.807, 2.05) is 60.7 Å². The van der Waals surface area contributed by atoms with Gasteiger partial charge in [0.25, 0.3) is 0 Å². The summed E-state index contributed by atoms with van der Waals surface area (Å²) in [5, 5.41) is 17.6. The van der Waals surface area contributed by atoms with Crippen LogP contribution in [0.3, 0.4) is 0 Å². The molecule has 0 radical (unpaired) electrons. The average Bonchev–Trinajstić information content (AvgIpc) is 2.95. The number of guanidine groups is 1. The summed E-state index contributed by atoms with van der Waals surface area (Å²) in [5.74, 6) is -1.25. The topological polar surface area (TPSA) is 155 Å². The third-order valence-corrected chi connectivity index (χ3v) is 6.00. The monoisotopic (exact) mass is 545 g/mol. The van der Waals surface area contributed by atoms with Crippen LogP contribution in [0, 0.1) is 0 Å². The van der Waals surface area contributed by atoms with Crippen LogP contribution in [0.15, 0.2) is 89.9 Å². The Balaban J connectivity index is 1.73. The fraction of sp³-hybridized carbons (Fsp3) is 0.267. The van der Waals surface area contributed by atoms with Crippen molar-refractivity contribution in [2.75, 3.05) is 13.2 Å². The first kappa shape index (κ1) is 29.7. The molecule has 0 aromatic heterocycles. The number of benzene rings is 3. The maximum Gasteiger partial charge on any atom is 0.413 e. The van der Waals surface area contributed by atoms with Crippen molar-refractivity contribution in [1.29, 1.82) is 0 Å². The highest BCUT2D eigenvalue weighted by Crippen LogP contribution is 2.25. The molecule has 3 aromatic carbocycles. The standard InChI is InChI=1S/C30H35N5O5/c1-2-40-30(39)35-29(31)32-19-9-14-25(27(37)33-20-21-15-17-24(36)18-16-21)34-28(38)26(22-10-5-3-6-11-22)23-12-7-4-8-13-23/h3-8,10-13,15-18,25-26,36H,2,9,14,19-20H2,1H3,(H,33,37)(H,34,38)(H3,31,32,35,39)/t25-/m1/s1. The van der Waals surface area contributed by atoms with E-state index in [1.54, 1.807) is 19.1 Å². The zero-order valence-electron chi connectivity index (χ0n) is 22.4. The number of hydrogen-bond acceptors (Lipinski definition) is 6. The van der Waals surface area contributed by atoms with Crippen LogP contribution in [-0.4, -0.2) is 48.2 Å². The fourth-order valence-electron chi connectivity index (χ4n) is 4.04. The van der Waals surface area contributed by atoms with Gasteiger partial charge in [0.1, 0.15) is 11.8 Å². The SMILES string of the molecule is CCOC(=O)NC(N)=NCCC[C@@H](NC(=O)C(c1ccccc1)c1ccccc1)C(=O)NCc1ccc(O)cc1. The Kier molecular flexibility index (Phi) is 11.5. The van der Waals surface area contributed by atoms with E-state index in [-0.39, 0.29) is 49.6 Å². The Hall–Kier alpha value is -4.86. The average molecular weight is 546 g/mol. The quantitative estimate of drug-likeness (QED) is 0.134. The highest BCUT2D eigenvalue weighted by atomic mass is 16.5. The summed E-state index contributed by atoms with van der Waals surface area (Å²) in [4.78, 5) is 42.5. The Morgan fingerprint density at radius 2 is 1.50 bits per heavy atom. The normalized spacial score (nSPS) is 11.9. The number of hydrogen-bond donors (Lipinski definition) is 5. The lowest BCUT2D eigenvalue weighted by Crippen LogP contribution is -2.48. The number of alkyl carbamates (subject to hydrolysis) is 1. The molecule has 3 amide bonds. The zero-order chi connectivity index (χ0) is 28.7. The third-order valence-electron chi connectivity index (χ3n) is 6.00. The maximum absolute atomic E-state index is 13.7. The maximum atomic E-state index is 13.7. The van der Waals surface area contributed by atoms with Crippen molar-refractivity contribution < 1.29 is 24.2 Å². The number of carbonyl (C=O) groups is 3. The second-order valence-electron chi connectivity index (χ2n) is 8.95. The lowest BCUT2D eigenvalue weighted by Gasteiger charge is -2.23. The first-order valence-electron chi connectivity index (χ1n) is 13.1. The largest absolute Gasteiger partial charge is 0.508 e. The summed E-state index contributed by atoms with van der Waals surface area (Å²) in [5.41, 5.74) is 8.13. The van der Waals surface area contributed by atoms with E-state index in [9.17, 15) is 19.5 Å². The van der Waals surface area contributed by atoms with Crippen molar-refractivity contribution in [3.8, 4) is 5.75 Å². The van der Waals surface area contributed by atoms with Gasteiger partial charge in [-0.05, 0) is 48.6 Å². The van der Waals surface area contributed by atoms with Crippen LogP contribution in [0.4, 0.5) is 4.79 Å². The van der Waals surface area contributed by atoms with E-state index in [2.05, 4.69) is 20.9 Å². The Labute approximate surface area is 233 Å². The van der Waals surface area contributed by atoms with Gasteiger partial charge in [-0.25, -0.2) is 4.79 Å². The molecule has 3 rings (SSSR count). The summed E-state index contributed by atoms with van der Waals surface area (Å²) in [7, 11) is 0. The van der Waals surface area contributed by atoms with Crippen LogP contribution in [0.25, 0.3) is 0 Å². The number of phenols is 1. The van der Waals surface area contributed by atoms with E-state index in [0.29, 0.717) is 6.42 Å². The summed E-state index contributed by atoms with van der Waals surface area (Å²) in [6, 6.07) is 24.4. The molecule has 0 unspecified atom stereocenters. The van der Waals surface area contributed by atoms with E-state index >= 15 is 0 Å². The number of carbonyl (C=O) groups excluding carboxylic acids is 3. The van der Waals surface area contributed by atoms with Crippen molar-refractivity contribution in [3.63, 3.8) is 0 Å². The number of ether oxygens (including phenoxy) is 1. The molecule has 0 fully saturated rings. The molecule has 6 N–H and O–H groups in total. The van der Waals surface area contributed by atoms with Crippen molar-refractivity contribution in [2.45, 2.75) is 38.3 Å². The molecular weight excluding hydrogens is 510 g/mol. The van der Waals surface area contributed by atoms with E-state index in [4.69, 9.17) is 10.5 Å². The highest BCUT2D eigenvalue weighted by molar-refractivity contribution is 5.93. The molecule has 10 heteroatoms. The third kappa shape index (κ3) is 9.46. The van der Waals surface area contributed by atoms with Gasteiger partial charge in [0.15, 0.2) is 5.96 Å². The minimum absolute atomic E-state index is 0.0935. The minimum Gasteiger partial charge on any atom is -0.508 e. The molecule has 0 aliphatic rings. The first-order valence-corrected chi connectivity index (χ1v) is 13.1. The van der Waals surface area contributed by atoms with Gasteiger partial charge >= 0.3 is 6.09 Å². The second-order valence-corrected chi connectivity index (χ2v) is 8.95. The Bertz CT molecular complexity index is 1230. The van der Waals surface area contributed by atoms with Gasteiger partial charge in [-0.2, -0.15) is 0 Å². The van der Waals surface area contributed by atoms with E-state index < -0.39 is 18.1 Å². The number of aromatic hydroxyl groups is 1. The second kappa shape index (κ2) is 15.5. The highest BCUT2D eigenvalue weighted by Gasteiger charge is 2.27. The lowest BCUT2D eigenvalue weighted by atomic mass is 9.90. The fourth-order valence-corrected chi connectivity index (χ4v) is 4.04. The van der Waals surface area contributed by atoms with Crippen LogP contribution in [-0.2, 0) is 20.9 Å². The number of amides is 3. The van der Waals surface area contributed by atoms with Gasteiger partial charge in [-0.3, -0.25) is 19.9 Å².